The number of rotatable bonds is 4. The van der Waals surface area contributed by atoms with E-state index >= 15 is 0 Å². The number of aliphatic hydroxyl groups excluding tert-OH is 1. The molecule has 0 saturated heterocycles. The van der Waals surface area contributed by atoms with Crippen molar-refractivity contribution in [2.75, 3.05) is 0 Å². The Morgan fingerprint density at radius 1 is 1.50 bits per heavy atom. The normalized spacial score (nSPS) is 12.8. The molecule has 0 aliphatic rings. The van der Waals surface area contributed by atoms with E-state index in [-0.39, 0.29) is 6.42 Å². The molecule has 0 fully saturated rings. The quantitative estimate of drug-likeness (QED) is 0.613. The molecule has 0 aliphatic heterocycles. The first-order chi connectivity index (χ1) is 5.70. The first-order valence-electron chi connectivity index (χ1n) is 3.43. The Kier molecular flexibility index (Phi) is 2.76. The van der Waals surface area contributed by atoms with Crippen molar-refractivity contribution in [3.05, 3.63) is 12.7 Å². The molecule has 1 aromatic heterocycles. The largest absolute Gasteiger partial charge is 0.479 e. The number of aliphatic hydroxyl groups is 1. The van der Waals surface area contributed by atoms with Crippen LogP contribution >= 0.6 is 0 Å². The number of aryl methyl sites for hydroxylation is 1. The maximum Gasteiger partial charge on any atom is 0.332 e. The van der Waals surface area contributed by atoms with E-state index in [4.69, 9.17) is 10.2 Å². The average Bonchev–Trinajstić information content (AvgIpc) is 2.51. The average molecular weight is 171 g/mol. The van der Waals surface area contributed by atoms with E-state index in [1.807, 2.05) is 0 Å². The van der Waals surface area contributed by atoms with Crippen molar-refractivity contribution in [2.45, 2.75) is 19.1 Å². The zero-order valence-electron chi connectivity index (χ0n) is 6.29. The Hall–Kier alpha value is -1.43. The fourth-order valence-corrected chi connectivity index (χ4v) is 0.732. The SMILES string of the molecule is O=C(O)C(O)CCn1cnnc1. The molecule has 1 unspecified atom stereocenters. The number of hydrogen-bond acceptors (Lipinski definition) is 4. The zero-order valence-corrected chi connectivity index (χ0v) is 6.29. The number of hydrogen-bond donors (Lipinski definition) is 2. The van der Waals surface area contributed by atoms with E-state index in [1.54, 1.807) is 4.57 Å². The van der Waals surface area contributed by atoms with Crippen molar-refractivity contribution < 1.29 is 15.0 Å². The molecule has 1 atom stereocenters. The van der Waals surface area contributed by atoms with Crippen LogP contribution in [0.25, 0.3) is 0 Å². The van der Waals surface area contributed by atoms with E-state index in [2.05, 4.69) is 10.2 Å². The van der Waals surface area contributed by atoms with Crippen LogP contribution in [0.5, 0.6) is 0 Å². The fourth-order valence-electron chi connectivity index (χ4n) is 0.732. The Bertz CT molecular complexity index is 247. The van der Waals surface area contributed by atoms with Gasteiger partial charge in [0.2, 0.25) is 0 Å². The monoisotopic (exact) mass is 171 g/mol. The molecule has 0 bridgehead atoms. The lowest BCUT2D eigenvalue weighted by Crippen LogP contribution is -2.21. The Labute approximate surface area is 68.5 Å². The molecular formula is C6H9N3O3. The highest BCUT2D eigenvalue weighted by molar-refractivity contribution is 5.71. The van der Waals surface area contributed by atoms with Crippen LogP contribution in [0.4, 0.5) is 0 Å². The highest BCUT2D eigenvalue weighted by atomic mass is 16.4. The van der Waals surface area contributed by atoms with Crippen molar-refractivity contribution in [3.8, 4) is 0 Å². The minimum atomic E-state index is -1.31. The third-order valence-electron chi connectivity index (χ3n) is 1.41. The second-order valence-electron chi connectivity index (χ2n) is 2.34. The van der Waals surface area contributed by atoms with E-state index in [1.165, 1.54) is 12.7 Å². The predicted molar refractivity (Wildman–Crippen MR) is 38.3 cm³/mol. The zero-order chi connectivity index (χ0) is 8.97. The lowest BCUT2D eigenvalue weighted by Gasteiger charge is -2.04. The predicted octanol–water partition coefficient (Wildman–Crippen LogP) is -0.886. The molecule has 12 heavy (non-hydrogen) atoms. The van der Waals surface area contributed by atoms with Crippen LogP contribution in [0.1, 0.15) is 6.42 Å². The lowest BCUT2D eigenvalue weighted by atomic mass is 10.2. The van der Waals surface area contributed by atoms with E-state index in [9.17, 15) is 4.79 Å². The summed E-state index contributed by atoms with van der Waals surface area (Å²) in [4.78, 5) is 10.2. The highest BCUT2D eigenvalue weighted by Crippen LogP contribution is 1.95. The second-order valence-corrected chi connectivity index (χ2v) is 2.34. The molecule has 1 aromatic rings. The molecule has 2 N–H and O–H groups in total. The van der Waals surface area contributed by atoms with Gasteiger partial charge in [-0.3, -0.25) is 0 Å². The van der Waals surface area contributed by atoms with Gasteiger partial charge < -0.3 is 14.8 Å². The van der Waals surface area contributed by atoms with Gasteiger partial charge >= 0.3 is 5.97 Å². The Morgan fingerprint density at radius 2 is 2.08 bits per heavy atom. The second kappa shape index (κ2) is 3.82. The van der Waals surface area contributed by atoms with Crippen LogP contribution < -0.4 is 0 Å². The summed E-state index contributed by atoms with van der Waals surface area (Å²) in [6, 6.07) is 0. The van der Waals surface area contributed by atoms with Crippen molar-refractivity contribution in [2.24, 2.45) is 0 Å². The van der Waals surface area contributed by atoms with Crippen molar-refractivity contribution in [1.82, 2.24) is 14.8 Å². The van der Waals surface area contributed by atoms with Gasteiger partial charge in [0.25, 0.3) is 0 Å². The first-order valence-corrected chi connectivity index (χ1v) is 3.43. The molecule has 6 nitrogen and oxygen atoms in total. The summed E-state index contributed by atoms with van der Waals surface area (Å²) in [5, 5.41) is 24.2. The van der Waals surface area contributed by atoms with Crippen LogP contribution in [0.2, 0.25) is 0 Å². The van der Waals surface area contributed by atoms with Gasteiger partial charge in [-0.2, -0.15) is 0 Å². The van der Waals surface area contributed by atoms with Gasteiger partial charge in [0.1, 0.15) is 12.7 Å². The van der Waals surface area contributed by atoms with Gasteiger partial charge in [-0.1, -0.05) is 0 Å². The number of nitrogens with zero attached hydrogens (tertiary/aromatic N) is 3. The summed E-state index contributed by atoms with van der Waals surface area (Å²) in [5.74, 6) is -1.21. The number of carboxylic acids is 1. The summed E-state index contributed by atoms with van der Waals surface area (Å²) >= 11 is 0. The van der Waals surface area contributed by atoms with Crippen molar-refractivity contribution in [1.29, 1.82) is 0 Å². The summed E-state index contributed by atoms with van der Waals surface area (Å²) in [6.07, 6.45) is 1.78. The summed E-state index contributed by atoms with van der Waals surface area (Å²) in [6.45, 7) is 0.403. The van der Waals surface area contributed by atoms with E-state index in [0.29, 0.717) is 6.54 Å². The van der Waals surface area contributed by atoms with Crippen LogP contribution in [-0.4, -0.2) is 37.1 Å². The number of aromatic nitrogens is 3. The molecule has 0 radical (unpaired) electrons. The maximum atomic E-state index is 10.2. The molecule has 1 heterocycles. The minimum Gasteiger partial charge on any atom is -0.479 e. The fraction of sp³-hybridized carbons (Fsp3) is 0.500. The Balaban J connectivity index is 2.31. The molecule has 66 valence electrons. The third kappa shape index (κ3) is 2.31. The van der Waals surface area contributed by atoms with Gasteiger partial charge in [-0.25, -0.2) is 4.79 Å². The minimum absolute atomic E-state index is 0.160. The highest BCUT2D eigenvalue weighted by Gasteiger charge is 2.11. The summed E-state index contributed by atoms with van der Waals surface area (Å²) in [5.41, 5.74) is 0. The molecule has 0 amide bonds. The van der Waals surface area contributed by atoms with E-state index < -0.39 is 12.1 Å². The van der Waals surface area contributed by atoms with Gasteiger partial charge in [0.05, 0.1) is 0 Å². The molecule has 0 aliphatic carbocycles. The van der Waals surface area contributed by atoms with Crippen LogP contribution in [-0.2, 0) is 11.3 Å². The van der Waals surface area contributed by atoms with Gasteiger partial charge in [-0.15, -0.1) is 10.2 Å². The smallest absolute Gasteiger partial charge is 0.332 e. The van der Waals surface area contributed by atoms with Crippen molar-refractivity contribution in [3.63, 3.8) is 0 Å². The molecular weight excluding hydrogens is 162 g/mol. The summed E-state index contributed by atoms with van der Waals surface area (Å²) in [7, 11) is 0. The number of carbonyl (C=O) groups is 1. The molecule has 1 rings (SSSR count). The topological polar surface area (TPSA) is 88.2 Å². The van der Waals surface area contributed by atoms with Gasteiger partial charge in [0.15, 0.2) is 6.10 Å². The van der Waals surface area contributed by atoms with Gasteiger partial charge in [-0.05, 0) is 0 Å². The molecule has 0 aromatic carbocycles. The van der Waals surface area contributed by atoms with Crippen LogP contribution in [0.15, 0.2) is 12.7 Å². The summed E-state index contributed by atoms with van der Waals surface area (Å²) < 4.78 is 1.60. The Morgan fingerprint density at radius 3 is 2.58 bits per heavy atom. The molecule has 6 heteroatoms. The van der Waals surface area contributed by atoms with Crippen LogP contribution in [0, 0.1) is 0 Å². The van der Waals surface area contributed by atoms with E-state index in [0.717, 1.165) is 0 Å². The maximum absolute atomic E-state index is 10.2. The molecule has 0 spiro atoms. The number of aliphatic carboxylic acids is 1. The standard InChI is InChI=1S/C6H9N3O3/c10-5(6(11)12)1-2-9-3-7-8-4-9/h3-5,10H,1-2H2,(H,11,12). The van der Waals surface area contributed by atoms with Gasteiger partial charge in [0, 0.05) is 13.0 Å². The third-order valence-corrected chi connectivity index (χ3v) is 1.41. The molecule has 0 saturated carbocycles. The first kappa shape index (κ1) is 8.66. The van der Waals surface area contributed by atoms with Crippen molar-refractivity contribution >= 4 is 5.97 Å². The number of carboxylic acid groups (broad SMARTS) is 1. The lowest BCUT2D eigenvalue weighted by molar-refractivity contribution is -0.147. The van der Waals surface area contributed by atoms with Crippen LogP contribution in [0.3, 0.4) is 0 Å².